The first-order chi connectivity index (χ1) is 38.6. The van der Waals surface area contributed by atoms with Gasteiger partial charge in [0.25, 0.3) is 0 Å². The third-order valence-corrected chi connectivity index (χ3v) is 10.7. The van der Waals surface area contributed by atoms with Gasteiger partial charge in [0.2, 0.25) is 0 Å². The Kier molecular flexibility index (Phi) is 4.74. The highest BCUT2D eigenvalue weighted by molar-refractivity contribution is 6.22. The molecule has 12 rings (SSSR count). The van der Waals surface area contributed by atoms with Crippen LogP contribution in [0.3, 0.4) is 0 Å². The molecule has 3 heteroatoms. The minimum atomic E-state index is -0.884. The molecule has 0 unspecified atom stereocenters. The van der Waals surface area contributed by atoms with Crippen LogP contribution in [-0.4, -0.2) is 4.57 Å². The summed E-state index contributed by atoms with van der Waals surface area (Å²) in [5.74, 6) is 0. The second-order valence-electron chi connectivity index (χ2n) is 14.2. The van der Waals surface area contributed by atoms with E-state index in [1.807, 2.05) is 84.9 Å². The molecule has 2 heterocycles. The van der Waals surface area contributed by atoms with Crippen molar-refractivity contribution in [1.29, 1.82) is 0 Å². The van der Waals surface area contributed by atoms with Gasteiger partial charge in [-0.2, -0.15) is 0 Å². The van der Waals surface area contributed by atoms with Crippen LogP contribution < -0.4 is 4.90 Å². The molecule has 0 aliphatic carbocycles. The first kappa shape index (κ1) is 20.2. The normalized spacial score (nSPS) is 16.2. The summed E-state index contributed by atoms with van der Waals surface area (Å²) in [6.07, 6.45) is 0. The molecule has 0 saturated heterocycles. The highest BCUT2D eigenvalue weighted by Gasteiger charge is 2.23. The Morgan fingerprint density at radius 1 is 0.410 bits per heavy atom. The molecule has 0 N–H and O–H groups in total. The summed E-state index contributed by atoms with van der Waals surface area (Å²) in [6.45, 7) is 0. The fourth-order valence-electron chi connectivity index (χ4n) is 7.96. The van der Waals surface area contributed by atoms with Crippen molar-refractivity contribution >= 4 is 71.6 Å². The van der Waals surface area contributed by atoms with Crippen molar-refractivity contribution in [2.75, 3.05) is 4.90 Å². The first-order valence-corrected chi connectivity index (χ1v) is 19.2. The van der Waals surface area contributed by atoms with Crippen LogP contribution in [0.5, 0.6) is 0 Å². The molecule has 0 atom stereocenters. The second kappa shape index (κ2) is 14.3. The molecular weight excluding hydrogens is 741 g/mol. The molecule has 2 aromatic heterocycles. The summed E-state index contributed by atoms with van der Waals surface area (Å²) in [7, 11) is 0. The minimum Gasteiger partial charge on any atom is -0.455 e. The van der Waals surface area contributed by atoms with Gasteiger partial charge >= 0.3 is 0 Å². The van der Waals surface area contributed by atoms with E-state index < -0.39 is 171 Å². The van der Waals surface area contributed by atoms with Crippen LogP contribution in [0.1, 0.15) is 27.4 Å². The number of nitrogens with zero attached hydrogens (tertiary/aromatic N) is 2. The zero-order chi connectivity index (χ0) is 57.7. The maximum absolute atomic E-state index is 10.6. The van der Waals surface area contributed by atoms with Crippen molar-refractivity contribution in [2.45, 2.75) is 0 Å². The van der Waals surface area contributed by atoms with Gasteiger partial charge in [-0.1, -0.05) is 170 Å². The van der Waals surface area contributed by atoms with E-state index in [2.05, 4.69) is 0 Å². The molecule has 3 nitrogen and oxygen atoms in total. The van der Waals surface area contributed by atoms with Crippen molar-refractivity contribution in [1.82, 2.24) is 4.57 Å². The van der Waals surface area contributed by atoms with Gasteiger partial charge in [-0.25, -0.2) is 0 Å². The molecule has 61 heavy (non-hydrogen) atoms. The zero-order valence-electron chi connectivity index (χ0n) is 51.7. The lowest BCUT2D eigenvalue weighted by Gasteiger charge is -2.28. The van der Waals surface area contributed by atoms with Gasteiger partial charge in [0.1, 0.15) is 11.2 Å². The number of hydrogen-bond donors (Lipinski definition) is 0. The molecule has 0 saturated carbocycles. The van der Waals surface area contributed by atoms with Gasteiger partial charge < -0.3 is 13.9 Å². The van der Waals surface area contributed by atoms with Gasteiger partial charge in [0, 0.05) is 38.3 Å². The Morgan fingerprint density at radius 3 is 1.85 bits per heavy atom. The third-order valence-electron chi connectivity index (χ3n) is 10.7. The van der Waals surface area contributed by atoms with Gasteiger partial charge in [0.05, 0.1) is 55.2 Å². The van der Waals surface area contributed by atoms with Crippen LogP contribution in [0.15, 0.2) is 234 Å². The predicted molar refractivity (Wildman–Crippen MR) is 257 cm³/mol. The van der Waals surface area contributed by atoms with E-state index in [4.69, 9.17) is 16.8 Å². The summed E-state index contributed by atoms with van der Waals surface area (Å²) in [5.41, 5.74) is 0.165. The summed E-state index contributed by atoms with van der Waals surface area (Å²) >= 11 is 0. The van der Waals surface area contributed by atoms with Gasteiger partial charge in [-0.05, 0) is 93.9 Å². The quantitative estimate of drug-likeness (QED) is 0.160. The molecule has 0 spiro atoms. The average Bonchev–Trinajstić information content (AvgIpc) is 4.14. The summed E-state index contributed by atoms with van der Waals surface area (Å²) in [5, 5.41) is -2.06. The topological polar surface area (TPSA) is 21.3 Å². The monoisotopic (exact) mass is 798 g/mol. The Labute approximate surface area is 381 Å². The van der Waals surface area contributed by atoms with E-state index >= 15 is 0 Å². The van der Waals surface area contributed by atoms with E-state index in [0.717, 1.165) is 26.8 Å². The van der Waals surface area contributed by atoms with E-state index in [0.29, 0.717) is 11.4 Å². The number of fused-ring (bicyclic) bond motifs is 8. The van der Waals surface area contributed by atoms with Crippen LogP contribution >= 0.6 is 0 Å². The molecule has 0 bridgehead atoms. The molecule has 0 radical (unpaired) electrons. The molecule has 0 aliphatic rings. The van der Waals surface area contributed by atoms with Crippen LogP contribution in [0, 0.1) is 0 Å². The zero-order valence-corrected chi connectivity index (χ0v) is 31.7. The van der Waals surface area contributed by atoms with Gasteiger partial charge in [0.15, 0.2) is 0 Å². The molecule has 10 aromatic carbocycles. The maximum Gasteiger partial charge on any atom is 0.143 e. The number of aromatic nitrogens is 1. The number of hydrogen-bond acceptors (Lipinski definition) is 2. The number of furan rings is 1. The van der Waals surface area contributed by atoms with Crippen molar-refractivity contribution in [2.24, 2.45) is 0 Å². The van der Waals surface area contributed by atoms with E-state index in [1.54, 1.807) is 29.2 Å². The van der Waals surface area contributed by atoms with Crippen molar-refractivity contribution in [3.63, 3.8) is 0 Å². The maximum atomic E-state index is 10.6. The van der Waals surface area contributed by atoms with Crippen LogP contribution in [0.25, 0.3) is 93.6 Å². The fraction of sp³-hybridized carbons (Fsp3) is 0. The molecule has 0 amide bonds. The number of anilines is 3. The highest BCUT2D eigenvalue weighted by Crippen LogP contribution is 2.47. The summed E-state index contributed by atoms with van der Waals surface area (Å²) in [4.78, 5) is 1.64. The summed E-state index contributed by atoms with van der Waals surface area (Å²) in [6, 6.07) is 18.2. The predicted octanol–water partition coefficient (Wildman–Crippen LogP) is 16.3. The molecule has 0 aliphatic heterocycles. The van der Waals surface area contributed by atoms with E-state index in [-0.39, 0.29) is 27.2 Å². The lowest BCUT2D eigenvalue weighted by Crippen LogP contribution is -2.10. The first-order valence-electron chi connectivity index (χ1n) is 29.2. The fourth-order valence-corrected chi connectivity index (χ4v) is 7.96. The smallest absolute Gasteiger partial charge is 0.143 e. The number of para-hydroxylation sites is 1. The van der Waals surface area contributed by atoms with Crippen LogP contribution in [0.2, 0.25) is 0 Å². The van der Waals surface area contributed by atoms with Gasteiger partial charge in [-0.15, -0.1) is 0 Å². The molecule has 12 aromatic rings. The van der Waals surface area contributed by atoms with E-state index in [1.165, 1.54) is 0 Å². The Balaban J connectivity index is 1.30. The molecule has 286 valence electrons. The lowest BCUT2D eigenvalue weighted by atomic mass is 10.00. The van der Waals surface area contributed by atoms with Gasteiger partial charge in [-0.3, -0.25) is 0 Å². The third kappa shape index (κ3) is 5.82. The van der Waals surface area contributed by atoms with Crippen LogP contribution in [-0.2, 0) is 0 Å². The Morgan fingerprint density at radius 2 is 1.07 bits per heavy atom. The lowest BCUT2D eigenvalue weighted by molar-refractivity contribution is 0.672. The second-order valence-corrected chi connectivity index (χ2v) is 14.2. The van der Waals surface area contributed by atoms with Crippen molar-refractivity contribution in [3.8, 4) is 39.1 Å². The van der Waals surface area contributed by atoms with Crippen LogP contribution in [0.4, 0.5) is 17.1 Å². The average molecular weight is 799 g/mol. The number of rotatable bonds is 7. The molecule has 0 fully saturated rings. The largest absolute Gasteiger partial charge is 0.455 e. The molecular formula is C58H38N2O. The summed E-state index contributed by atoms with van der Waals surface area (Å²) < 4.78 is 192. The van der Waals surface area contributed by atoms with E-state index in [9.17, 15) is 15.1 Å². The Bertz CT molecular complexity index is 4720. The van der Waals surface area contributed by atoms with Crippen molar-refractivity contribution in [3.05, 3.63) is 230 Å². The number of benzene rings is 10. The minimum absolute atomic E-state index is 0.140. The highest BCUT2D eigenvalue weighted by atomic mass is 16.3. The SMILES string of the molecule is [2H]c1c([2H])c([2H])c(-c2c([2H])c([2H])c3c(c2[2H])c2c([2H])c([2H])c([2H])c([2H])c2n3-c2c([2H])c([2H])c([2H])c3oc4c5c([2H])c([2H])c([2H])c([2H])c5c(N(c5ccc(-c6ccccc6)cc5)c5cccc(-c6ccccc6)c5)c([2H])c4c23)c([2H])c1[2H]. The standard InChI is InChI=1S/C58H38N2O/c1-4-16-39(17-5-1)42-30-33-45(34-31-42)59(46-23-14-22-43(36-46)40-18-6-2-7-19-40)55-38-51-57-54(28-15-29-56(57)61-58(51)49-26-11-10-24-47(49)55)60-52-27-13-12-25-48(52)50-37-44(32-35-53(50)60)41-20-8-3-9-21-41/h1-38H/i3D,8D,9D,10D,11D,12D,13D,15D,20D,21D,24D,25D,26D,27D,28D,29D,32D,35D,37D,38D. The Hall–Kier alpha value is -8.14. The van der Waals surface area contributed by atoms with Crippen molar-refractivity contribution < 1.29 is 31.8 Å².